The summed E-state index contributed by atoms with van der Waals surface area (Å²) in [7, 11) is 1.59. The molecule has 1 amide bonds. The topological polar surface area (TPSA) is 82.8 Å². The number of hydrogen-bond acceptors (Lipinski definition) is 5. The number of carbonyl (C=O) groups excluding carboxylic acids is 1. The summed E-state index contributed by atoms with van der Waals surface area (Å²) in [4.78, 5) is 11.3. The highest BCUT2D eigenvalue weighted by Gasteiger charge is 2.08. The minimum absolute atomic E-state index is 0.0607. The van der Waals surface area contributed by atoms with Crippen molar-refractivity contribution in [3.63, 3.8) is 0 Å². The van der Waals surface area contributed by atoms with Crippen molar-refractivity contribution < 1.29 is 23.4 Å². The average Bonchev–Trinajstić information content (AvgIpc) is 2.47. The Morgan fingerprint density at radius 2 is 1.95 bits per heavy atom. The number of halogens is 1. The molecule has 0 radical (unpaired) electrons. The number of nitrogen functional groups attached to an aromatic ring is 1. The Bertz CT molecular complexity index is 429. The van der Waals surface area contributed by atoms with Crippen LogP contribution >= 0.6 is 0 Å². The summed E-state index contributed by atoms with van der Waals surface area (Å²) in [6.45, 7) is 1.79. The second-order valence-electron chi connectivity index (χ2n) is 3.94. The van der Waals surface area contributed by atoms with Crippen LogP contribution in [0.25, 0.3) is 0 Å². The number of hydrogen-bond donors (Lipinski definition) is 2. The molecule has 6 nitrogen and oxygen atoms in total. The van der Waals surface area contributed by atoms with E-state index in [9.17, 15) is 9.18 Å². The quantitative estimate of drug-likeness (QED) is 0.301. The van der Waals surface area contributed by atoms with Gasteiger partial charge >= 0.3 is 0 Å². The minimum Gasteiger partial charge on any atom is -0.382 e. The predicted octanol–water partition coefficient (Wildman–Crippen LogP) is 0.609. The maximum atomic E-state index is 13.5. The summed E-state index contributed by atoms with van der Waals surface area (Å²) in [6.07, 6.45) is 0. The lowest BCUT2D eigenvalue weighted by Crippen LogP contribution is -2.30. The molecule has 112 valence electrons. The van der Waals surface area contributed by atoms with Gasteiger partial charge in [0.15, 0.2) is 0 Å². The molecule has 1 aromatic rings. The highest BCUT2D eigenvalue weighted by molar-refractivity contribution is 5.93. The van der Waals surface area contributed by atoms with Crippen LogP contribution in [0.3, 0.4) is 0 Å². The summed E-state index contributed by atoms with van der Waals surface area (Å²) in [5.74, 6) is 4.11. The first kappa shape index (κ1) is 16.5. The van der Waals surface area contributed by atoms with Crippen LogP contribution in [-0.2, 0) is 20.8 Å². The summed E-state index contributed by atoms with van der Waals surface area (Å²) in [6, 6.07) is 3.97. The monoisotopic (exact) mass is 286 g/mol. The van der Waals surface area contributed by atoms with Gasteiger partial charge in [-0.3, -0.25) is 10.2 Å². The largest absolute Gasteiger partial charge is 0.382 e. The zero-order valence-corrected chi connectivity index (χ0v) is 11.4. The molecule has 0 unspecified atom stereocenters. The van der Waals surface area contributed by atoms with Crippen molar-refractivity contribution in [3.8, 4) is 0 Å². The molecular formula is C13H19FN2O4. The van der Waals surface area contributed by atoms with Crippen molar-refractivity contribution in [3.05, 3.63) is 35.1 Å². The molecule has 0 bridgehead atoms. The van der Waals surface area contributed by atoms with Gasteiger partial charge < -0.3 is 14.2 Å². The van der Waals surface area contributed by atoms with E-state index in [0.717, 1.165) is 0 Å². The lowest BCUT2D eigenvalue weighted by Gasteiger charge is -2.08. The standard InChI is InChI=1S/C13H19FN2O4/c1-18-4-5-19-6-7-20-9-11-8-10(13(17)16-15)2-3-12(11)14/h2-3,8H,4-7,9,15H2,1H3,(H,16,17). The van der Waals surface area contributed by atoms with Crippen molar-refractivity contribution in [2.75, 3.05) is 33.5 Å². The molecule has 0 aliphatic rings. The molecule has 0 heterocycles. The van der Waals surface area contributed by atoms with Gasteiger partial charge in [0.2, 0.25) is 0 Å². The van der Waals surface area contributed by atoms with Gasteiger partial charge in [0, 0.05) is 18.2 Å². The fraction of sp³-hybridized carbons (Fsp3) is 0.462. The Balaban J connectivity index is 2.37. The van der Waals surface area contributed by atoms with Gasteiger partial charge in [-0.15, -0.1) is 0 Å². The molecule has 7 heteroatoms. The molecule has 0 aliphatic carbocycles. The molecule has 0 aromatic heterocycles. The zero-order chi connectivity index (χ0) is 14.8. The predicted molar refractivity (Wildman–Crippen MR) is 70.4 cm³/mol. The summed E-state index contributed by atoms with van der Waals surface area (Å²) >= 11 is 0. The molecule has 0 saturated heterocycles. The first-order chi connectivity index (χ1) is 9.69. The Hall–Kier alpha value is -1.54. The van der Waals surface area contributed by atoms with Crippen molar-refractivity contribution in [1.82, 2.24) is 5.43 Å². The van der Waals surface area contributed by atoms with Gasteiger partial charge in [-0.25, -0.2) is 10.2 Å². The van der Waals surface area contributed by atoms with Crippen LogP contribution in [-0.4, -0.2) is 39.4 Å². The van der Waals surface area contributed by atoms with Crippen molar-refractivity contribution in [2.45, 2.75) is 6.61 Å². The number of carbonyl (C=O) groups is 1. The molecule has 0 saturated carbocycles. The van der Waals surface area contributed by atoms with Gasteiger partial charge in [-0.1, -0.05) is 0 Å². The second-order valence-corrected chi connectivity index (χ2v) is 3.94. The highest BCUT2D eigenvalue weighted by Crippen LogP contribution is 2.11. The zero-order valence-electron chi connectivity index (χ0n) is 11.4. The molecule has 3 N–H and O–H groups in total. The van der Waals surface area contributed by atoms with E-state index < -0.39 is 11.7 Å². The van der Waals surface area contributed by atoms with Crippen LogP contribution in [0.1, 0.15) is 15.9 Å². The summed E-state index contributed by atoms with van der Waals surface area (Å²) < 4.78 is 28.8. The van der Waals surface area contributed by atoms with Gasteiger partial charge in [-0.05, 0) is 18.2 Å². The van der Waals surface area contributed by atoms with E-state index in [1.807, 2.05) is 5.43 Å². The van der Waals surface area contributed by atoms with E-state index >= 15 is 0 Å². The van der Waals surface area contributed by atoms with Crippen molar-refractivity contribution in [1.29, 1.82) is 0 Å². The van der Waals surface area contributed by atoms with Crippen LogP contribution in [0.4, 0.5) is 4.39 Å². The number of benzene rings is 1. The maximum Gasteiger partial charge on any atom is 0.265 e. The first-order valence-corrected chi connectivity index (χ1v) is 6.12. The van der Waals surface area contributed by atoms with Gasteiger partial charge in [-0.2, -0.15) is 0 Å². The van der Waals surface area contributed by atoms with E-state index in [1.165, 1.54) is 18.2 Å². The number of nitrogens with one attached hydrogen (secondary N) is 1. The normalized spacial score (nSPS) is 10.6. The van der Waals surface area contributed by atoms with Gasteiger partial charge in [0.25, 0.3) is 5.91 Å². The number of methoxy groups -OCH3 is 1. The fourth-order valence-corrected chi connectivity index (χ4v) is 1.45. The van der Waals surface area contributed by atoms with E-state index in [-0.39, 0.29) is 12.2 Å². The molecule has 0 aliphatic heterocycles. The van der Waals surface area contributed by atoms with Crippen molar-refractivity contribution in [2.24, 2.45) is 5.84 Å². The van der Waals surface area contributed by atoms with E-state index in [2.05, 4.69) is 0 Å². The fourth-order valence-electron chi connectivity index (χ4n) is 1.45. The van der Waals surface area contributed by atoms with Crippen LogP contribution < -0.4 is 11.3 Å². The van der Waals surface area contributed by atoms with Crippen molar-refractivity contribution >= 4 is 5.91 Å². The first-order valence-electron chi connectivity index (χ1n) is 6.12. The molecule has 0 spiro atoms. The smallest absolute Gasteiger partial charge is 0.265 e. The van der Waals surface area contributed by atoms with Gasteiger partial charge in [0.05, 0.1) is 33.0 Å². The van der Waals surface area contributed by atoms with Crippen LogP contribution in [0.5, 0.6) is 0 Å². The Morgan fingerprint density at radius 1 is 1.25 bits per heavy atom. The lowest BCUT2D eigenvalue weighted by molar-refractivity contribution is 0.0193. The third kappa shape index (κ3) is 5.62. The SMILES string of the molecule is COCCOCCOCc1cc(C(=O)NN)ccc1F. The van der Waals surface area contributed by atoms with Crippen LogP contribution in [0, 0.1) is 5.82 Å². The van der Waals surface area contributed by atoms with Crippen LogP contribution in [0.15, 0.2) is 18.2 Å². The van der Waals surface area contributed by atoms with E-state index in [1.54, 1.807) is 7.11 Å². The number of rotatable bonds is 9. The molecule has 20 heavy (non-hydrogen) atoms. The number of ether oxygens (including phenoxy) is 3. The summed E-state index contributed by atoms with van der Waals surface area (Å²) in [5, 5.41) is 0. The summed E-state index contributed by atoms with van der Waals surface area (Å²) in [5.41, 5.74) is 2.57. The minimum atomic E-state index is -0.478. The Kier molecular flexibility index (Phi) is 7.74. The maximum absolute atomic E-state index is 13.5. The second kappa shape index (κ2) is 9.38. The lowest BCUT2D eigenvalue weighted by atomic mass is 10.1. The van der Waals surface area contributed by atoms with Gasteiger partial charge in [0.1, 0.15) is 5.82 Å². The number of nitrogens with two attached hydrogens (primary N) is 1. The molecule has 1 rings (SSSR count). The average molecular weight is 286 g/mol. The number of hydrazine groups is 1. The molecule has 0 atom stereocenters. The molecule has 1 aromatic carbocycles. The molecule has 0 fully saturated rings. The van der Waals surface area contributed by atoms with Crippen LogP contribution in [0.2, 0.25) is 0 Å². The third-order valence-corrected chi connectivity index (χ3v) is 2.50. The van der Waals surface area contributed by atoms with E-state index in [0.29, 0.717) is 32.0 Å². The number of amides is 1. The Labute approximate surface area is 117 Å². The molecular weight excluding hydrogens is 267 g/mol. The third-order valence-electron chi connectivity index (χ3n) is 2.50. The highest BCUT2D eigenvalue weighted by atomic mass is 19.1. The Morgan fingerprint density at radius 3 is 2.65 bits per heavy atom. The van der Waals surface area contributed by atoms with E-state index in [4.69, 9.17) is 20.1 Å².